The van der Waals surface area contributed by atoms with Crippen molar-refractivity contribution in [3.05, 3.63) is 102 Å². The van der Waals surface area contributed by atoms with Gasteiger partial charge >= 0.3 is 0 Å². The summed E-state index contributed by atoms with van der Waals surface area (Å²) in [5.74, 6) is 0.760. The largest absolute Gasteiger partial charge is 0.497 e. The molecule has 0 bridgehead atoms. The van der Waals surface area contributed by atoms with Crippen molar-refractivity contribution in [1.82, 2.24) is 0 Å². The van der Waals surface area contributed by atoms with Crippen LogP contribution in [0.4, 0.5) is 0 Å². The highest BCUT2D eigenvalue weighted by Gasteiger charge is 2.22. The van der Waals surface area contributed by atoms with Crippen molar-refractivity contribution >= 4 is 22.7 Å². The molecule has 1 atom stereocenters. The number of thioether (sulfide) groups is 1. The van der Waals surface area contributed by atoms with Gasteiger partial charge in [-0.15, -0.1) is 0 Å². The van der Waals surface area contributed by atoms with Crippen molar-refractivity contribution in [3.63, 3.8) is 0 Å². The molecule has 0 amide bonds. The Morgan fingerprint density at radius 2 is 1.37 bits per heavy atom. The SMILES string of the molecule is COc1ccc(C(CC(=O)c2ccccc2)SC(=O)c2ccccc2)cc1. The van der Waals surface area contributed by atoms with Gasteiger partial charge in [-0.1, -0.05) is 84.6 Å². The van der Waals surface area contributed by atoms with E-state index in [4.69, 9.17) is 4.74 Å². The zero-order valence-corrected chi connectivity index (χ0v) is 15.8. The number of ether oxygens (including phenoxy) is 1. The van der Waals surface area contributed by atoms with Crippen LogP contribution in [0.2, 0.25) is 0 Å². The van der Waals surface area contributed by atoms with Gasteiger partial charge in [0.25, 0.3) is 0 Å². The maximum Gasteiger partial charge on any atom is 0.219 e. The molecule has 3 rings (SSSR count). The Balaban J connectivity index is 1.83. The second-order valence-corrected chi connectivity index (χ2v) is 7.20. The fourth-order valence-electron chi connectivity index (χ4n) is 2.73. The lowest BCUT2D eigenvalue weighted by molar-refractivity contribution is 0.0982. The summed E-state index contributed by atoms with van der Waals surface area (Å²) in [5, 5.41) is -0.311. The van der Waals surface area contributed by atoms with E-state index in [2.05, 4.69) is 0 Å². The third kappa shape index (κ3) is 5.08. The van der Waals surface area contributed by atoms with Crippen LogP contribution in [0.5, 0.6) is 5.75 Å². The average molecular weight is 376 g/mol. The minimum Gasteiger partial charge on any atom is -0.497 e. The molecule has 0 spiro atoms. The molecule has 136 valence electrons. The van der Waals surface area contributed by atoms with Crippen LogP contribution in [-0.2, 0) is 0 Å². The molecule has 3 aromatic rings. The number of hydrogen-bond donors (Lipinski definition) is 0. The van der Waals surface area contributed by atoms with E-state index in [-0.39, 0.29) is 22.6 Å². The molecule has 27 heavy (non-hydrogen) atoms. The van der Waals surface area contributed by atoms with Gasteiger partial charge in [-0.05, 0) is 17.7 Å². The number of rotatable bonds is 7. The fourth-order valence-corrected chi connectivity index (χ4v) is 3.79. The van der Waals surface area contributed by atoms with Gasteiger partial charge < -0.3 is 4.74 Å². The summed E-state index contributed by atoms with van der Waals surface area (Å²) in [5.41, 5.74) is 2.21. The summed E-state index contributed by atoms with van der Waals surface area (Å²) in [6.45, 7) is 0. The molecular weight excluding hydrogens is 356 g/mol. The first-order chi connectivity index (χ1) is 13.2. The molecule has 3 aromatic carbocycles. The molecule has 0 N–H and O–H groups in total. The van der Waals surface area contributed by atoms with Crippen LogP contribution in [0.25, 0.3) is 0 Å². The Labute approximate surface area is 163 Å². The second kappa shape index (κ2) is 9.19. The number of benzene rings is 3. The molecule has 0 aliphatic rings. The predicted octanol–water partition coefficient (Wildman–Crippen LogP) is 5.58. The first-order valence-electron chi connectivity index (χ1n) is 8.65. The van der Waals surface area contributed by atoms with Crippen LogP contribution in [-0.4, -0.2) is 18.0 Å². The molecule has 0 saturated heterocycles. The van der Waals surface area contributed by atoms with E-state index < -0.39 is 0 Å². The molecular formula is C23H20O3S. The van der Waals surface area contributed by atoms with Crippen LogP contribution < -0.4 is 4.74 Å². The van der Waals surface area contributed by atoms with Gasteiger partial charge in [0.2, 0.25) is 5.12 Å². The van der Waals surface area contributed by atoms with Gasteiger partial charge in [-0.25, -0.2) is 0 Å². The number of Topliss-reactive ketones (excluding diaryl/α,β-unsaturated/α-hetero) is 1. The second-order valence-electron chi connectivity index (χ2n) is 6.03. The fraction of sp³-hybridized carbons (Fsp3) is 0.130. The van der Waals surface area contributed by atoms with Gasteiger partial charge in [0.05, 0.1) is 7.11 Å². The molecule has 0 fully saturated rings. The summed E-state index contributed by atoms with van der Waals surface area (Å²) in [7, 11) is 1.61. The number of methoxy groups -OCH3 is 1. The van der Waals surface area contributed by atoms with Crippen molar-refractivity contribution < 1.29 is 14.3 Å². The molecule has 4 heteroatoms. The van der Waals surface area contributed by atoms with E-state index in [1.54, 1.807) is 31.4 Å². The Morgan fingerprint density at radius 3 is 1.93 bits per heavy atom. The molecule has 0 aliphatic heterocycles. The van der Waals surface area contributed by atoms with E-state index in [9.17, 15) is 9.59 Å². The van der Waals surface area contributed by atoms with Crippen LogP contribution in [0.1, 0.15) is 38.0 Å². The maximum atomic E-state index is 12.7. The Bertz CT molecular complexity index is 836. The summed E-state index contributed by atoms with van der Waals surface area (Å²) in [4.78, 5) is 25.4. The van der Waals surface area contributed by atoms with Crippen molar-refractivity contribution in [3.8, 4) is 5.75 Å². The molecule has 0 saturated carbocycles. The first kappa shape index (κ1) is 18.9. The van der Waals surface area contributed by atoms with Gasteiger partial charge in [0.15, 0.2) is 5.78 Å². The highest BCUT2D eigenvalue weighted by Crippen LogP contribution is 2.36. The molecule has 0 aliphatic carbocycles. The average Bonchev–Trinajstić information content (AvgIpc) is 2.74. The molecule has 1 unspecified atom stereocenters. The summed E-state index contributed by atoms with van der Waals surface area (Å²) < 4.78 is 5.21. The van der Waals surface area contributed by atoms with Crippen molar-refractivity contribution in [2.75, 3.05) is 7.11 Å². The van der Waals surface area contributed by atoms with E-state index in [1.807, 2.05) is 60.7 Å². The van der Waals surface area contributed by atoms with E-state index >= 15 is 0 Å². The first-order valence-corrected chi connectivity index (χ1v) is 9.53. The highest BCUT2D eigenvalue weighted by molar-refractivity contribution is 8.14. The van der Waals surface area contributed by atoms with Crippen LogP contribution in [0, 0.1) is 0 Å². The summed E-state index contributed by atoms with van der Waals surface area (Å²) in [6, 6.07) is 25.8. The third-order valence-corrected chi connectivity index (χ3v) is 5.39. The van der Waals surface area contributed by atoms with Gasteiger partial charge in [0.1, 0.15) is 5.75 Å². The van der Waals surface area contributed by atoms with Crippen molar-refractivity contribution in [1.29, 1.82) is 0 Å². The Hall–Kier alpha value is -2.85. The quantitative estimate of drug-likeness (QED) is 0.505. The zero-order chi connectivity index (χ0) is 19.1. The van der Waals surface area contributed by atoms with E-state index in [0.29, 0.717) is 11.1 Å². The van der Waals surface area contributed by atoms with Crippen molar-refractivity contribution in [2.45, 2.75) is 11.7 Å². The van der Waals surface area contributed by atoms with Gasteiger partial charge in [0, 0.05) is 22.8 Å². The number of ketones is 1. The zero-order valence-electron chi connectivity index (χ0n) is 15.0. The summed E-state index contributed by atoms with van der Waals surface area (Å²) in [6.07, 6.45) is 0.250. The van der Waals surface area contributed by atoms with Crippen LogP contribution in [0.3, 0.4) is 0 Å². The molecule has 0 radical (unpaired) electrons. The van der Waals surface area contributed by atoms with E-state index in [0.717, 1.165) is 11.3 Å². The lowest BCUT2D eigenvalue weighted by atomic mass is 10.0. The Kier molecular flexibility index (Phi) is 6.44. The Morgan fingerprint density at radius 1 is 0.815 bits per heavy atom. The number of carbonyl (C=O) groups is 2. The monoisotopic (exact) mass is 376 g/mol. The maximum absolute atomic E-state index is 12.7. The summed E-state index contributed by atoms with van der Waals surface area (Å²) >= 11 is 1.19. The van der Waals surface area contributed by atoms with Crippen LogP contribution in [0.15, 0.2) is 84.9 Å². The smallest absolute Gasteiger partial charge is 0.219 e. The minimum absolute atomic E-state index is 0.0183. The van der Waals surface area contributed by atoms with E-state index in [1.165, 1.54) is 11.8 Å². The molecule has 3 nitrogen and oxygen atoms in total. The molecule has 0 heterocycles. The number of carbonyl (C=O) groups excluding carboxylic acids is 2. The lowest BCUT2D eigenvalue weighted by Crippen LogP contribution is -2.08. The number of hydrogen-bond acceptors (Lipinski definition) is 4. The lowest BCUT2D eigenvalue weighted by Gasteiger charge is -2.16. The normalized spacial score (nSPS) is 11.6. The molecule has 0 aromatic heterocycles. The van der Waals surface area contributed by atoms with Crippen molar-refractivity contribution in [2.24, 2.45) is 0 Å². The predicted molar refractivity (Wildman–Crippen MR) is 109 cm³/mol. The standard InChI is InChI=1S/C23H20O3S/c1-26-20-14-12-18(13-15-20)22(16-21(24)17-8-4-2-5-9-17)27-23(25)19-10-6-3-7-11-19/h2-15,22H,16H2,1H3. The minimum atomic E-state index is -0.267. The van der Waals surface area contributed by atoms with Gasteiger partial charge in [-0.2, -0.15) is 0 Å². The highest BCUT2D eigenvalue weighted by atomic mass is 32.2. The van der Waals surface area contributed by atoms with Crippen LogP contribution >= 0.6 is 11.8 Å². The topological polar surface area (TPSA) is 43.4 Å². The third-order valence-electron chi connectivity index (χ3n) is 4.21. The van der Waals surface area contributed by atoms with Gasteiger partial charge in [-0.3, -0.25) is 9.59 Å².